The number of nitrogens with one attached hydrogen (secondary N) is 1. The maximum atomic E-state index is 12.4. The molecule has 0 saturated heterocycles. The number of rotatable bonds is 9. The zero-order valence-electron chi connectivity index (χ0n) is 15.6. The Kier molecular flexibility index (Phi) is 6.82. The Morgan fingerprint density at radius 2 is 2.00 bits per heavy atom. The van der Waals surface area contributed by atoms with Gasteiger partial charge in [-0.25, -0.2) is 0 Å². The number of hydrogen-bond acceptors (Lipinski definition) is 4. The van der Waals surface area contributed by atoms with E-state index >= 15 is 0 Å². The van der Waals surface area contributed by atoms with E-state index in [-0.39, 0.29) is 18.4 Å². The number of methoxy groups -OCH3 is 1. The number of hydrogen-bond donors (Lipinski definition) is 1. The summed E-state index contributed by atoms with van der Waals surface area (Å²) in [6.07, 6.45) is 2.33. The van der Waals surface area contributed by atoms with Gasteiger partial charge in [0.2, 0.25) is 11.8 Å². The highest BCUT2D eigenvalue weighted by Gasteiger charge is 2.31. The molecule has 6 nitrogen and oxygen atoms in total. The van der Waals surface area contributed by atoms with Crippen molar-refractivity contribution in [1.82, 2.24) is 9.80 Å². The number of benzene rings is 1. The Labute approximate surface area is 150 Å². The van der Waals surface area contributed by atoms with Crippen LogP contribution in [0.15, 0.2) is 24.3 Å². The van der Waals surface area contributed by atoms with E-state index in [0.29, 0.717) is 29.9 Å². The molecule has 0 heterocycles. The van der Waals surface area contributed by atoms with Crippen LogP contribution in [0.5, 0.6) is 5.75 Å². The Balaban J connectivity index is 1.83. The number of nitrogens with zero attached hydrogens (tertiary/aromatic N) is 2. The number of ether oxygens (including phenoxy) is 1. The minimum Gasteiger partial charge on any atom is -0.497 e. The molecule has 1 aliphatic carbocycles. The first-order chi connectivity index (χ1) is 11.9. The summed E-state index contributed by atoms with van der Waals surface area (Å²) in [6.45, 7) is 5.65. The molecule has 1 N–H and O–H groups in total. The van der Waals surface area contributed by atoms with Crippen molar-refractivity contribution in [2.45, 2.75) is 32.7 Å². The minimum atomic E-state index is -0.217. The highest BCUT2D eigenvalue weighted by molar-refractivity contribution is 5.94. The smallest absolute Gasteiger partial charge is 0.243 e. The molecule has 2 rings (SSSR count). The van der Waals surface area contributed by atoms with Crippen LogP contribution in [0.1, 0.15) is 26.7 Å². The highest BCUT2D eigenvalue weighted by atomic mass is 16.5. The fourth-order valence-electron chi connectivity index (χ4n) is 2.75. The third-order valence-corrected chi connectivity index (χ3v) is 4.16. The summed E-state index contributed by atoms with van der Waals surface area (Å²) in [5.41, 5.74) is 0.657. The van der Waals surface area contributed by atoms with Crippen molar-refractivity contribution in [1.29, 1.82) is 0 Å². The summed E-state index contributed by atoms with van der Waals surface area (Å²) in [5.74, 6) is 0.963. The summed E-state index contributed by atoms with van der Waals surface area (Å²) < 4.78 is 5.14. The van der Waals surface area contributed by atoms with Crippen molar-refractivity contribution in [3.63, 3.8) is 0 Å². The standard InChI is InChI=1S/C19H29N3O3/c1-14(2)11-22(16-8-9-16)13-19(24)21(3)12-18(23)20-15-6-5-7-17(10-15)25-4/h5-7,10,14,16H,8-9,11-13H2,1-4H3,(H,20,23). The van der Waals surface area contributed by atoms with Crippen molar-refractivity contribution in [3.8, 4) is 5.75 Å². The summed E-state index contributed by atoms with van der Waals surface area (Å²) in [6, 6.07) is 7.69. The maximum absolute atomic E-state index is 12.4. The second-order valence-corrected chi connectivity index (χ2v) is 7.08. The van der Waals surface area contributed by atoms with Crippen molar-refractivity contribution >= 4 is 17.5 Å². The number of anilines is 1. The van der Waals surface area contributed by atoms with Crippen LogP contribution < -0.4 is 10.1 Å². The highest BCUT2D eigenvalue weighted by Crippen LogP contribution is 2.27. The van der Waals surface area contributed by atoms with Gasteiger partial charge in [0.05, 0.1) is 20.2 Å². The molecule has 25 heavy (non-hydrogen) atoms. The molecule has 1 saturated carbocycles. The van der Waals surface area contributed by atoms with Gasteiger partial charge in [0.25, 0.3) is 0 Å². The van der Waals surface area contributed by atoms with E-state index in [1.54, 1.807) is 26.3 Å². The van der Waals surface area contributed by atoms with Gasteiger partial charge in [-0.3, -0.25) is 14.5 Å². The van der Waals surface area contributed by atoms with Crippen molar-refractivity contribution in [3.05, 3.63) is 24.3 Å². The fourth-order valence-corrected chi connectivity index (χ4v) is 2.75. The lowest BCUT2D eigenvalue weighted by molar-refractivity contribution is -0.134. The molecule has 6 heteroatoms. The molecule has 0 atom stereocenters. The molecule has 1 aliphatic rings. The second-order valence-electron chi connectivity index (χ2n) is 7.08. The number of amides is 2. The second kappa shape index (κ2) is 8.85. The van der Waals surface area contributed by atoms with Crippen LogP contribution in [0.25, 0.3) is 0 Å². The molecule has 0 aliphatic heterocycles. The van der Waals surface area contributed by atoms with Crippen LogP contribution in [0, 0.1) is 5.92 Å². The van der Waals surface area contributed by atoms with Crippen molar-refractivity contribution in [2.75, 3.05) is 39.1 Å². The summed E-state index contributed by atoms with van der Waals surface area (Å²) in [4.78, 5) is 28.3. The molecule has 2 amide bonds. The first-order valence-electron chi connectivity index (χ1n) is 8.81. The summed E-state index contributed by atoms with van der Waals surface area (Å²) in [5, 5.41) is 2.80. The molecule has 0 aromatic heterocycles. The van der Waals surface area contributed by atoms with Gasteiger partial charge in [0.1, 0.15) is 5.75 Å². The fraction of sp³-hybridized carbons (Fsp3) is 0.579. The zero-order valence-corrected chi connectivity index (χ0v) is 15.6. The molecule has 138 valence electrons. The molecule has 0 radical (unpaired) electrons. The lowest BCUT2D eigenvalue weighted by Crippen LogP contribution is -2.43. The van der Waals surface area contributed by atoms with Crippen LogP contribution in [-0.2, 0) is 9.59 Å². The summed E-state index contributed by atoms with van der Waals surface area (Å²) >= 11 is 0. The zero-order chi connectivity index (χ0) is 18.4. The van der Waals surface area contributed by atoms with E-state index in [0.717, 1.165) is 6.54 Å². The molecular formula is C19H29N3O3. The van der Waals surface area contributed by atoms with Gasteiger partial charge in [-0.1, -0.05) is 19.9 Å². The van der Waals surface area contributed by atoms with Crippen LogP contribution in [0.2, 0.25) is 0 Å². The predicted octanol–water partition coefficient (Wildman–Crippen LogP) is 2.21. The van der Waals surface area contributed by atoms with Crippen LogP contribution in [-0.4, -0.2) is 61.4 Å². The SMILES string of the molecule is COc1cccc(NC(=O)CN(C)C(=O)CN(CC(C)C)C2CC2)c1. The Morgan fingerprint density at radius 3 is 2.60 bits per heavy atom. The third kappa shape index (κ3) is 6.38. The van der Waals surface area contributed by atoms with Gasteiger partial charge >= 0.3 is 0 Å². The molecule has 1 fully saturated rings. The molecule has 0 spiro atoms. The van der Waals surface area contributed by atoms with Gasteiger partial charge in [-0.05, 0) is 30.9 Å². The van der Waals surface area contributed by atoms with E-state index in [2.05, 4.69) is 24.1 Å². The van der Waals surface area contributed by atoms with E-state index in [1.165, 1.54) is 17.7 Å². The van der Waals surface area contributed by atoms with Gasteiger partial charge in [0, 0.05) is 31.4 Å². The van der Waals surface area contributed by atoms with Gasteiger partial charge in [-0.2, -0.15) is 0 Å². The lowest BCUT2D eigenvalue weighted by atomic mass is 10.2. The molecule has 0 unspecified atom stereocenters. The number of carbonyl (C=O) groups excluding carboxylic acids is 2. The minimum absolute atomic E-state index is 0.0201. The van der Waals surface area contributed by atoms with E-state index in [9.17, 15) is 9.59 Å². The summed E-state index contributed by atoms with van der Waals surface area (Å²) in [7, 11) is 3.25. The monoisotopic (exact) mass is 347 g/mol. The predicted molar refractivity (Wildman–Crippen MR) is 98.7 cm³/mol. The first kappa shape index (κ1) is 19.2. The largest absolute Gasteiger partial charge is 0.497 e. The van der Waals surface area contributed by atoms with Crippen LogP contribution in [0.3, 0.4) is 0 Å². The van der Waals surface area contributed by atoms with Gasteiger partial charge in [-0.15, -0.1) is 0 Å². The first-order valence-corrected chi connectivity index (χ1v) is 8.81. The van der Waals surface area contributed by atoms with E-state index < -0.39 is 0 Å². The quantitative estimate of drug-likeness (QED) is 0.744. The third-order valence-electron chi connectivity index (χ3n) is 4.16. The maximum Gasteiger partial charge on any atom is 0.243 e. The topological polar surface area (TPSA) is 61.9 Å². The Hall–Kier alpha value is -2.08. The van der Waals surface area contributed by atoms with Crippen LogP contribution in [0.4, 0.5) is 5.69 Å². The van der Waals surface area contributed by atoms with Crippen molar-refractivity contribution < 1.29 is 14.3 Å². The molecule has 0 bridgehead atoms. The van der Waals surface area contributed by atoms with Gasteiger partial charge in [0.15, 0.2) is 0 Å². The Bertz CT molecular complexity index is 599. The number of carbonyl (C=O) groups is 2. The van der Waals surface area contributed by atoms with Gasteiger partial charge < -0.3 is 15.0 Å². The molecular weight excluding hydrogens is 318 g/mol. The number of likely N-dealkylation sites (N-methyl/N-ethyl adjacent to an activating group) is 1. The molecule has 1 aromatic rings. The normalized spacial score (nSPS) is 13.8. The lowest BCUT2D eigenvalue weighted by Gasteiger charge is -2.26. The average Bonchev–Trinajstić information content (AvgIpc) is 3.38. The Morgan fingerprint density at radius 1 is 1.28 bits per heavy atom. The van der Waals surface area contributed by atoms with E-state index in [1.807, 2.05) is 12.1 Å². The van der Waals surface area contributed by atoms with Crippen LogP contribution >= 0.6 is 0 Å². The van der Waals surface area contributed by atoms with E-state index in [4.69, 9.17) is 4.74 Å². The van der Waals surface area contributed by atoms with Crippen molar-refractivity contribution in [2.24, 2.45) is 5.92 Å². The average molecular weight is 347 g/mol. The molecule has 1 aromatic carbocycles.